The molecule has 0 bridgehead atoms. The largest absolute Gasteiger partial charge is 0.462 e. The van der Waals surface area contributed by atoms with Crippen LogP contribution in [0.5, 0.6) is 0 Å². The van der Waals surface area contributed by atoms with E-state index >= 15 is 0 Å². The fraction of sp³-hybridized carbons (Fsp3) is 0.105. The Hall–Kier alpha value is -2.93. The number of esters is 1. The van der Waals surface area contributed by atoms with Gasteiger partial charge >= 0.3 is 5.97 Å². The number of anilines is 3. The highest BCUT2D eigenvalue weighted by Crippen LogP contribution is 2.28. The normalized spacial score (nSPS) is 10.4. The summed E-state index contributed by atoms with van der Waals surface area (Å²) in [6, 6.07) is 14.8. The number of benzene rings is 2. The maximum absolute atomic E-state index is 12.3. The third kappa shape index (κ3) is 4.00. The number of halogens is 1. The first-order valence-electron chi connectivity index (χ1n) is 8.00. The Morgan fingerprint density at radius 3 is 2.77 bits per heavy atom. The summed E-state index contributed by atoms with van der Waals surface area (Å²) in [5, 5.41) is 3.17. The molecule has 0 atom stereocenters. The number of hydrogen-bond donors (Lipinski definition) is 2. The van der Waals surface area contributed by atoms with Crippen LogP contribution in [0.3, 0.4) is 0 Å². The van der Waals surface area contributed by atoms with Gasteiger partial charge in [-0.3, -0.25) is 0 Å². The highest BCUT2D eigenvalue weighted by molar-refractivity contribution is 9.10. The minimum Gasteiger partial charge on any atom is -0.462 e. The summed E-state index contributed by atoms with van der Waals surface area (Å²) < 4.78 is 5.96. The van der Waals surface area contributed by atoms with Gasteiger partial charge in [0.1, 0.15) is 11.4 Å². The molecule has 3 N–H and O–H groups in total. The molecule has 1 aromatic heterocycles. The molecular formula is C19H17BrN4O2. The zero-order valence-corrected chi connectivity index (χ0v) is 15.7. The van der Waals surface area contributed by atoms with Gasteiger partial charge in [0.25, 0.3) is 0 Å². The van der Waals surface area contributed by atoms with Gasteiger partial charge in [-0.1, -0.05) is 24.3 Å². The molecule has 7 heteroatoms. The van der Waals surface area contributed by atoms with E-state index in [0.717, 1.165) is 15.7 Å². The number of ether oxygens (including phenoxy) is 1. The Bertz CT molecular complexity index is 946. The molecule has 1 heterocycles. The average molecular weight is 413 g/mol. The van der Waals surface area contributed by atoms with E-state index < -0.39 is 5.97 Å². The molecular weight excluding hydrogens is 396 g/mol. The maximum Gasteiger partial charge on any atom is 0.343 e. The summed E-state index contributed by atoms with van der Waals surface area (Å²) in [4.78, 5) is 21.1. The lowest BCUT2D eigenvalue weighted by atomic mass is 10.2. The molecule has 0 unspecified atom stereocenters. The highest BCUT2D eigenvalue weighted by Gasteiger charge is 2.17. The van der Waals surface area contributed by atoms with Gasteiger partial charge in [0.2, 0.25) is 0 Å². The van der Waals surface area contributed by atoms with Crippen LogP contribution < -0.4 is 11.1 Å². The van der Waals surface area contributed by atoms with Crippen molar-refractivity contribution in [2.24, 2.45) is 0 Å². The topological polar surface area (TPSA) is 90.1 Å². The molecule has 0 aliphatic rings. The SMILES string of the molecule is CCOC(=O)c1cnc(-c2cccc(N)c2)nc1Nc1ccccc1Br. The van der Waals surface area contributed by atoms with Crippen molar-refractivity contribution in [3.63, 3.8) is 0 Å². The minimum atomic E-state index is -0.485. The summed E-state index contributed by atoms with van der Waals surface area (Å²) >= 11 is 3.48. The zero-order chi connectivity index (χ0) is 18.5. The standard InChI is InChI=1S/C19H17BrN4O2/c1-2-26-19(25)14-11-22-17(12-6-5-7-13(21)10-12)24-18(14)23-16-9-4-3-8-15(16)20/h3-11H,2,21H2,1H3,(H,22,23,24). The number of hydrogen-bond acceptors (Lipinski definition) is 6. The summed E-state index contributed by atoms with van der Waals surface area (Å²) in [5.41, 5.74) is 8.25. The van der Waals surface area contributed by atoms with E-state index in [1.807, 2.05) is 36.4 Å². The average Bonchev–Trinajstić information content (AvgIpc) is 2.64. The number of nitrogens with zero attached hydrogens (tertiary/aromatic N) is 2. The van der Waals surface area contributed by atoms with Crippen LogP contribution in [0.1, 0.15) is 17.3 Å². The Balaban J connectivity index is 2.06. The van der Waals surface area contributed by atoms with Crippen LogP contribution in [0.2, 0.25) is 0 Å². The van der Waals surface area contributed by atoms with Crippen molar-refractivity contribution in [1.82, 2.24) is 9.97 Å². The highest BCUT2D eigenvalue weighted by atomic mass is 79.9. The number of nitrogen functional groups attached to an aromatic ring is 1. The molecule has 0 radical (unpaired) electrons. The Labute approximate surface area is 159 Å². The molecule has 132 valence electrons. The Kier molecular flexibility index (Phi) is 5.48. The van der Waals surface area contributed by atoms with Crippen LogP contribution in [0.25, 0.3) is 11.4 Å². The summed E-state index contributed by atoms with van der Waals surface area (Å²) in [6.45, 7) is 2.02. The van der Waals surface area contributed by atoms with E-state index in [2.05, 4.69) is 31.2 Å². The van der Waals surface area contributed by atoms with E-state index in [-0.39, 0.29) is 12.2 Å². The van der Waals surface area contributed by atoms with Crippen LogP contribution in [0.15, 0.2) is 59.2 Å². The van der Waals surface area contributed by atoms with Gasteiger partial charge in [0, 0.05) is 21.9 Å². The number of rotatable bonds is 5. The lowest BCUT2D eigenvalue weighted by Crippen LogP contribution is -2.11. The van der Waals surface area contributed by atoms with Crippen LogP contribution in [-0.4, -0.2) is 22.5 Å². The first kappa shape index (κ1) is 17.9. The van der Waals surface area contributed by atoms with Crippen molar-refractivity contribution >= 4 is 39.1 Å². The van der Waals surface area contributed by atoms with Crippen LogP contribution in [0.4, 0.5) is 17.2 Å². The quantitative estimate of drug-likeness (QED) is 0.476. The summed E-state index contributed by atoms with van der Waals surface area (Å²) in [5.74, 6) is 0.337. The van der Waals surface area contributed by atoms with E-state index in [4.69, 9.17) is 10.5 Å². The molecule has 0 amide bonds. The predicted molar refractivity (Wildman–Crippen MR) is 105 cm³/mol. The minimum absolute atomic E-state index is 0.259. The molecule has 0 aliphatic carbocycles. The van der Waals surface area contributed by atoms with Gasteiger partial charge in [-0.2, -0.15) is 0 Å². The fourth-order valence-corrected chi connectivity index (χ4v) is 2.73. The fourth-order valence-electron chi connectivity index (χ4n) is 2.34. The van der Waals surface area contributed by atoms with Crippen LogP contribution in [0, 0.1) is 0 Å². The van der Waals surface area contributed by atoms with E-state index in [9.17, 15) is 4.79 Å². The molecule has 0 aliphatic heterocycles. The van der Waals surface area contributed by atoms with E-state index in [1.54, 1.807) is 19.1 Å². The smallest absolute Gasteiger partial charge is 0.343 e. The summed E-state index contributed by atoms with van der Waals surface area (Å²) in [7, 11) is 0. The number of para-hydroxylation sites is 1. The second kappa shape index (κ2) is 7.97. The first-order valence-corrected chi connectivity index (χ1v) is 8.79. The second-order valence-electron chi connectivity index (χ2n) is 5.41. The molecule has 0 fully saturated rings. The van der Waals surface area contributed by atoms with Gasteiger partial charge in [-0.15, -0.1) is 0 Å². The summed E-state index contributed by atoms with van der Waals surface area (Å²) in [6.07, 6.45) is 1.46. The molecule has 3 aromatic rings. The van der Waals surface area contributed by atoms with Crippen molar-refractivity contribution in [2.45, 2.75) is 6.92 Å². The van der Waals surface area contributed by atoms with E-state index in [0.29, 0.717) is 17.3 Å². The van der Waals surface area contributed by atoms with Gasteiger partial charge in [-0.25, -0.2) is 14.8 Å². The number of aromatic nitrogens is 2. The first-order chi connectivity index (χ1) is 12.6. The van der Waals surface area contributed by atoms with Gasteiger partial charge < -0.3 is 15.8 Å². The molecule has 0 saturated carbocycles. The second-order valence-corrected chi connectivity index (χ2v) is 6.26. The van der Waals surface area contributed by atoms with Crippen molar-refractivity contribution < 1.29 is 9.53 Å². The number of nitrogens with one attached hydrogen (secondary N) is 1. The van der Waals surface area contributed by atoms with Crippen molar-refractivity contribution in [3.8, 4) is 11.4 Å². The Morgan fingerprint density at radius 1 is 1.23 bits per heavy atom. The van der Waals surface area contributed by atoms with Crippen molar-refractivity contribution in [1.29, 1.82) is 0 Å². The molecule has 26 heavy (non-hydrogen) atoms. The zero-order valence-electron chi connectivity index (χ0n) is 14.1. The molecule has 0 spiro atoms. The monoisotopic (exact) mass is 412 g/mol. The number of carbonyl (C=O) groups is 1. The molecule has 2 aromatic carbocycles. The lowest BCUT2D eigenvalue weighted by molar-refractivity contribution is 0.0526. The maximum atomic E-state index is 12.3. The van der Waals surface area contributed by atoms with Gasteiger partial charge in [0.15, 0.2) is 5.82 Å². The molecule has 3 rings (SSSR count). The van der Waals surface area contributed by atoms with Crippen molar-refractivity contribution in [3.05, 3.63) is 64.8 Å². The molecule has 6 nitrogen and oxygen atoms in total. The third-order valence-corrected chi connectivity index (χ3v) is 4.25. The number of carbonyl (C=O) groups excluding carboxylic acids is 1. The van der Waals surface area contributed by atoms with Crippen LogP contribution >= 0.6 is 15.9 Å². The number of nitrogens with two attached hydrogens (primary N) is 1. The van der Waals surface area contributed by atoms with E-state index in [1.165, 1.54) is 6.20 Å². The van der Waals surface area contributed by atoms with Crippen LogP contribution in [-0.2, 0) is 4.74 Å². The van der Waals surface area contributed by atoms with Gasteiger partial charge in [-0.05, 0) is 47.1 Å². The van der Waals surface area contributed by atoms with Crippen molar-refractivity contribution in [2.75, 3.05) is 17.7 Å². The lowest BCUT2D eigenvalue weighted by Gasteiger charge is -2.13. The molecule has 0 saturated heterocycles. The Morgan fingerprint density at radius 2 is 2.04 bits per heavy atom. The van der Waals surface area contributed by atoms with Gasteiger partial charge in [0.05, 0.1) is 12.3 Å². The predicted octanol–water partition coefficient (Wildman–Crippen LogP) is 4.41. The third-order valence-electron chi connectivity index (χ3n) is 3.56.